The molecule has 1 unspecified atom stereocenters. The van der Waals surface area contributed by atoms with Crippen molar-refractivity contribution in [3.63, 3.8) is 0 Å². The Balaban J connectivity index is 1.62. The van der Waals surface area contributed by atoms with Crippen molar-refractivity contribution in [2.24, 2.45) is 0 Å². The number of morpholine rings is 1. The van der Waals surface area contributed by atoms with E-state index in [-0.39, 0.29) is 17.7 Å². The molecule has 0 saturated carbocycles. The number of urea groups is 1. The van der Waals surface area contributed by atoms with Gasteiger partial charge < -0.3 is 19.9 Å². The van der Waals surface area contributed by atoms with Crippen molar-refractivity contribution in [3.05, 3.63) is 23.4 Å². The van der Waals surface area contributed by atoms with E-state index in [0.717, 1.165) is 30.2 Å². The summed E-state index contributed by atoms with van der Waals surface area (Å²) in [7, 11) is 0. The van der Waals surface area contributed by atoms with Crippen molar-refractivity contribution in [3.8, 4) is 0 Å². The van der Waals surface area contributed by atoms with Gasteiger partial charge in [-0.25, -0.2) is 9.78 Å². The molecule has 25 heavy (non-hydrogen) atoms. The number of aryl methyl sites for hydroxylation is 1. The van der Waals surface area contributed by atoms with Gasteiger partial charge in [0.05, 0.1) is 18.2 Å². The summed E-state index contributed by atoms with van der Waals surface area (Å²) in [5, 5.41) is 3.06. The van der Waals surface area contributed by atoms with Crippen LogP contribution in [0.3, 0.4) is 0 Å². The van der Waals surface area contributed by atoms with E-state index in [9.17, 15) is 4.79 Å². The molecule has 2 aliphatic rings. The number of hydrogen-bond acceptors (Lipinski definition) is 4. The van der Waals surface area contributed by atoms with E-state index in [4.69, 9.17) is 4.74 Å². The summed E-state index contributed by atoms with van der Waals surface area (Å²) in [5.74, 6) is 1.03. The number of ether oxygens (including phenoxy) is 1. The van der Waals surface area contributed by atoms with E-state index >= 15 is 0 Å². The molecule has 1 aromatic heterocycles. The van der Waals surface area contributed by atoms with E-state index in [1.165, 1.54) is 12.8 Å². The molecule has 2 saturated heterocycles. The lowest BCUT2D eigenvalue weighted by atomic mass is 10.1. The Morgan fingerprint density at radius 1 is 1.36 bits per heavy atom. The Bertz CT molecular complexity index is 626. The maximum absolute atomic E-state index is 12.6. The zero-order valence-corrected chi connectivity index (χ0v) is 15.8. The van der Waals surface area contributed by atoms with Gasteiger partial charge in [-0.2, -0.15) is 0 Å². The second kappa shape index (κ2) is 7.20. The third kappa shape index (κ3) is 4.63. The molecule has 0 radical (unpaired) electrons. The third-order valence-corrected chi connectivity index (χ3v) is 4.73. The fourth-order valence-electron chi connectivity index (χ4n) is 3.83. The number of anilines is 1. The van der Waals surface area contributed by atoms with Gasteiger partial charge in [-0.05, 0) is 58.2 Å². The van der Waals surface area contributed by atoms with Gasteiger partial charge in [0.25, 0.3) is 0 Å². The molecule has 6 heteroatoms. The molecule has 0 aromatic carbocycles. The summed E-state index contributed by atoms with van der Waals surface area (Å²) >= 11 is 0. The smallest absolute Gasteiger partial charge is 0.317 e. The maximum atomic E-state index is 12.6. The minimum atomic E-state index is -0.300. The van der Waals surface area contributed by atoms with Gasteiger partial charge in [0, 0.05) is 31.9 Å². The Morgan fingerprint density at radius 2 is 2.08 bits per heavy atom. The van der Waals surface area contributed by atoms with Crippen molar-refractivity contribution in [2.75, 3.05) is 31.1 Å². The molecule has 2 amide bonds. The summed E-state index contributed by atoms with van der Waals surface area (Å²) in [6, 6.07) is 4.12. The van der Waals surface area contributed by atoms with Crippen molar-refractivity contribution < 1.29 is 9.53 Å². The number of carbonyl (C=O) groups excluding carboxylic acids is 1. The topological polar surface area (TPSA) is 57.7 Å². The van der Waals surface area contributed by atoms with Crippen LogP contribution in [0.4, 0.5) is 10.6 Å². The van der Waals surface area contributed by atoms with Gasteiger partial charge in [-0.3, -0.25) is 0 Å². The Morgan fingerprint density at radius 3 is 2.76 bits per heavy atom. The molecule has 1 atom stereocenters. The molecule has 6 nitrogen and oxygen atoms in total. The van der Waals surface area contributed by atoms with Crippen LogP contribution in [0.25, 0.3) is 0 Å². The number of pyridine rings is 1. The molecule has 2 aliphatic heterocycles. The highest BCUT2D eigenvalue weighted by Crippen LogP contribution is 2.22. The number of rotatable bonds is 3. The molecule has 1 aromatic rings. The van der Waals surface area contributed by atoms with Gasteiger partial charge in [0.1, 0.15) is 5.82 Å². The van der Waals surface area contributed by atoms with E-state index in [2.05, 4.69) is 21.3 Å². The first-order valence-corrected chi connectivity index (χ1v) is 9.25. The Kier molecular flexibility index (Phi) is 5.18. The minimum absolute atomic E-state index is 0.0274. The first-order valence-electron chi connectivity index (χ1n) is 9.25. The number of nitrogens with one attached hydrogen (secondary N) is 1. The molecule has 3 heterocycles. The fourth-order valence-corrected chi connectivity index (χ4v) is 3.83. The van der Waals surface area contributed by atoms with Crippen LogP contribution in [-0.2, 0) is 11.3 Å². The lowest BCUT2D eigenvalue weighted by Gasteiger charge is -2.41. The molecule has 0 spiro atoms. The van der Waals surface area contributed by atoms with Crippen LogP contribution in [0.15, 0.2) is 12.1 Å². The summed E-state index contributed by atoms with van der Waals surface area (Å²) in [5.41, 5.74) is 1.80. The first kappa shape index (κ1) is 18.0. The van der Waals surface area contributed by atoms with Crippen LogP contribution in [0.5, 0.6) is 0 Å². The largest absolute Gasteiger partial charge is 0.369 e. The van der Waals surface area contributed by atoms with Crippen LogP contribution in [0.1, 0.15) is 44.9 Å². The molecule has 1 N–H and O–H groups in total. The molecular weight excluding hydrogens is 316 g/mol. The predicted molar refractivity (Wildman–Crippen MR) is 98.9 cm³/mol. The molecule has 2 fully saturated rings. The number of nitrogens with zero attached hydrogens (tertiary/aromatic N) is 3. The maximum Gasteiger partial charge on any atom is 0.317 e. The molecular formula is C19H30N4O2. The number of aromatic nitrogens is 1. The average molecular weight is 346 g/mol. The highest BCUT2D eigenvalue weighted by Gasteiger charge is 2.33. The Labute approximate surface area is 150 Å². The van der Waals surface area contributed by atoms with E-state index in [1.807, 2.05) is 38.7 Å². The van der Waals surface area contributed by atoms with Crippen molar-refractivity contribution >= 4 is 11.8 Å². The summed E-state index contributed by atoms with van der Waals surface area (Å²) in [4.78, 5) is 21.4. The van der Waals surface area contributed by atoms with Crippen LogP contribution in [0, 0.1) is 6.92 Å². The lowest BCUT2D eigenvalue weighted by molar-refractivity contribution is -0.117. The molecule has 3 rings (SSSR count). The van der Waals surface area contributed by atoms with Crippen molar-refractivity contribution in [1.29, 1.82) is 0 Å². The van der Waals surface area contributed by atoms with Crippen LogP contribution in [0.2, 0.25) is 0 Å². The monoisotopic (exact) mass is 346 g/mol. The van der Waals surface area contributed by atoms with Crippen LogP contribution < -0.4 is 10.2 Å². The number of carbonyl (C=O) groups is 1. The summed E-state index contributed by atoms with van der Waals surface area (Å²) < 4.78 is 5.87. The predicted octanol–water partition coefficient (Wildman–Crippen LogP) is 2.70. The summed E-state index contributed by atoms with van der Waals surface area (Å²) in [6.07, 6.45) is 2.51. The standard InChI is InChI=1S/C19H30N4O2/c1-14-9-16(10-17(21-14)22-7-5-6-8-22)11-20-18(24)23-12-15(2)25-19(3,4)13-23/h9-10,15H,5-8,11-13H2,1-4H3,(H,20,24). The van der Waals surface area contributed by atoms with Crippen LogP contribution >= 0.6 is 0 Å². The SMILES string of the molecule is Cc1cc(CNC(=O)N2CC(C)OC(C)(C)C2)cc(N2CCCC2)n1. The van der Waals surface area contributed by atoms with Gasteiger partial charge in [0.2, 0.25) is 0 Å². The Hall–Kier alpha value is -1.82. The third-order valence-electron chi connectivity index (χ3n) is 4.73. The minimum Gasteiger partial charge on any atom is -0.369 e. The average Bonchev–Trinajstić information content (AvgIpc) is 3.04. The molecule has 138 valence electrons. The zero-order chi connectivity index (χ0) is 18.0. The van der Waals surface area contributed by atoms with Gasteiger partial charge >= 0.3 is 6.03 Å². The quantitative estimate of drug-likeness (QED) is 0.914. The number of amides is 2. The normalized spacial score (nSPS) is 23.0. The molecule has 0 aliphatic carbocycles. The van der Waals surface area contributed by atoms with Gasteiger partial charge in [-0.1, -0.05) is 0 Å². The highest BCUT2D eigenvalue weighted by atomic mass is 16.5. The molecule has 0 bridgehead atoms. The summed E-state index contributed by atoms with van der Waals surface area (Å²) in [6.45, 7) is 12.0. The van der Waals surface area contributed by atoms with Crippen molar-refractivity contribution in [1.82, 2.24) is 15.2 Å². The number of hydrogen-bond donors (Lipinski definition) is 1. The van der Waals surface area contributed by atoms with E-state index in [1.54, 1.807) is 0 Å². The van der Waals surface area contributed by atoms with Crippen LogP contribution in [-0.4, -0.2) is 53.8 Å². The zero-order valence-electron chi connectivity index (χ0n) is 15.8. The van der Waals surface area contributed by atoms with Gasteiger partial charge in [-0.15, -0.1) is 0 Å². The first-order chi connectivity index (χ1) is 11.8. The van der Waals surface area contributed by atoms with Crippen molar-refractivity contribution in [2.45, 2.75) is 58.8 Å². The van der Waals surface area contributed by atoms with E-state index < -0.39 is 0 Å². The second-order valence-corrected chi connectivity index (χ2v) is 7.90. The fraction of sp³-hybridized carbons (Fsp3) is 0.684. The van der Waals surface area contributed by atoms with Gasteiger partial charge in [0.15, 0.2) is 0 Å². The lowest BCUT2D eigenvalue weighted by Crippen LogP contribution is -2.56. The highest BCUT2D eigenvalue weighted by molar-refractivity contribution is 5.74. The second-order valence-electron chi connectivity index (χ2n) is 7.90. The van der Waals surface area contributed by atoms with E-state index in [0.29, 0.717) is 19.6 Å².